The number of sulfone groups is 1. The average Bonchev–Trinajstić information content (AvgIpc) is 3.17. The molecular weight excluding hydrogens is 432 g/mol. The van der Waals surface area contributed by atoms with Gasteiger partial charge in [0.05, 0.1) is 21.5 Å². The van der Waals surface area contributed by atoms with Gasteiger partial charge in [-0.15, -0.1) is 0 Å². The van der Waals surface area contributed by atoms with E-state index >= 15 is 0 Å². The number of piperazine rings is 1. The summed E-state index contributed by atoms with van der Waals surface area (Å²) in [6.07, 6.45) is 2.13. The molecule has 2 heterocycles. The molecule has 12 heteroatoms. The largest absolute Gasteiger partial charge is 0.490 e. The number of nitro groups is 1. The van der Waals surface area contributed by atoms with Crippen LogP contribution in [0, 0.1) is 10.1 Å². The van der Waals surface area contributed by atoms with E-state index in [4.69, 9.17) is 4.74 Å². The van der Waals surface area contributed by atoms with Crippen LogP contribution in [-0.2, 0) is 9.84 Å². The molecule has 1 aliphatic heterocycles. The number of hydrogen-bond donors (Lipinski definition) is 0. The number of hydrogen-bond acceptors (Lipinski definition) is 9. The molecule has 0 spiro atoms. The first-order valence-electron chi connectivity index (χ1n) is 9.21. The predicted molar refractivity (Wildman–Crippen MR) is 112 cm³/mol. The molecule has 0 radical (unpaired) electrons. The highest BCUT2D eigenvalue weighted by Gasteiger charge is 2.27. The summed E-state index contributed by atoms with van der Waals surface area (Å²) < 4.78 is 29.6. The predicted octanol–water partition coefficient (Wildman–Crippen LogP) is 2.20. The standard InChI is InChI=1S/C18H22N4O6S2/c1-12(2)28-15-5-4-13(30(3,26)27)10-14(15)17(23)20-6-8-21(9-7-20)18-19-11-16(29-18)22(24)25/h4-5,10-12H,6-9H2,1-3H3. The van der Waals surface area contributed by atoms with E-state index in [-0.39, 0.29) is 27.5 Å². The second-order valence-corrected chi connectivity index (χ2v) is 10.1. The van der Waals surface area contributed by atoms with Gasteiger partial charge in [0.15, 0.2) is 15.0 Å². The molecule has 0 bridgehead atoms. The van der Waals surface area contributed by atoms with Gasteiger partial charge in [-0.3, -0.25) is 14.9 Å². The summed E-state index contributed by atoms with van der Waals surface area (Å²) >= 11 is 0.993. The van der Waals surface area contributed by atoms with Crippen LogP contribution in [-0.4, -0.2) is 67.7 Å². The van der Waals surface area contributed by atoms with E-state index in [1.165, 1.54) is 24.4 Å². The molecule has 1 aromatic carbocycles. The SMILES string of the molecule is CC(C)Oc1ccc(S(C)(=O)=O)cc1C(=O)N1CCN(c2ncc([N+](=O)[O-])s2)CC1. The molecule has 0 N–H and O–H groups in total. The Morgan fingerprint density at radius 2 is 1.93 bits per heavy atom. The van der Waals surface area contributed by atoms with Crippen LogP contribution in [0.1, 0.15) is 24.2 Å². The van der Waals surface area contributed by atoms with Crippen molar-refractivity contribution < 1.29 is 22.9 Å². The highest BCUT2D eigenvalue weighted by Crippen LogP contribution is 2.30. The van der Waals surface area contributed by atoms with Gasteiger partial charge in [0.2, 0.25) is 0 Å². The second kappa shape index (κ2) is 8.56. The minimum absolute atomic E-state index is 0.0310. The van der Waals surface area contributed by atoms with E-state index in [0.717, 1.165) is 17.6 Å². The molecule has 1 aliphatic rings. The minimum atomic E-state index is -3.48. The van der Waals surface area contributed by atoms with Gasteiger partial charge < -0.3 is 14.5 Å². The number of anilines is 1. The Hall–Kier alpha value is -2.73. The van der Waals surface area contributed by atoms with E-state index in [1.54, 1.807) is 4.90 Å². The molecule has 0 unspecified atom stereocenters. The van der Waals surface area contributed by atoms with Gasteiger partial charge in [-0.2, -0.15) is 0 Å². The summed E-state index contributed by atoms with van der Waals surface area (Å²) in [7, 11) is -3.48. The number of aromatic nitrogens is 1. The summed E-state index contributed by atoms with van der Waals surface area (Å²) in [6.45, 7) is 5.31. The fourth-order valence-corrected chi connectivity index (χ4v) is 4.45. The number of carbonyl (C=O) groups is 1. The van der Waals surface area contributed by atoms with E-state index < -0.39 is 14.8 Å². The van der Waals surface area contributed by atoms with Crippen LogP contribution in [0.4, 0.5) is 10.1 Å². The fourth-order valence-electron chi connectivity index (χ4n) is 3.02. The van der Waals surface area contributed by atoms with E-state index in [1.807, 2.05) is 18.7 Å². The molecule has 1 amide bonds. The van der Waals surface area contributed by atoms with Gasteiger partial charge in [-0.1, -0.05) is 0 Å². The number of thiazole rings is 1. The van der Waals surface area contributed by atoms with Crippen LogP contribution in [0.5, 0.6) is 5.75 Å². The quantitative estimate of drug-likeness (QED) is 0.481. The van der Waals surface area contributed by atoms with Crippen LogP contribution >= 0.6 is 11.3 Å². The van der Waals surface area contributed by atoms with Crippen molar-refractivity contribution >= 4 is 37.2 Å². The van der Waals surface area contributed by atoms with Crippen molar-refractivity contribution in [2.75, 3.05) is 37.3 Å². The summed E-state index contributed by atoms with van der Waals surface area (Å²) in [5.74, 6) is 0.0151. The van der Waals surface area contributed by atoms with E-state index in [9.17, 15) is 23.3 Å². The second-order valence-electron chi connectivity index (χ2n) is 7.11. The first-order chi connectivity index (χ1) is 14.1. The van der Waals surface area contributed by atoms with Crippen molar-refractivity contribution in [2.24, 2.45) is 0 Å². The third kappa shape index (κ3) is 4.87. The Bertz CT molecular complexity index is 1060. The first kappa shape index (κ1) is 22.0. The third-order valence-corrected chi connectivity index (χ3v) is 6.59. The zero-order chi connectivity index (χ0) is 22.1. The zero-order valence-corrected chi connectivity index (χ0v) is 18.4. The number of rotatable bonds is 6. The number of benzene rings is 1. The lowest BCUT2D eigenvalue weighted by Gasteiger charge is -2.34. The Morgan fingerprint density at radius 1 is 1.27 bits per heavy atom. The van der Waals surface area contributed by atoms with Crippen molar-refractivity contribution in [1.82, 2.24) is 9.88 Å². The fraction of sp³-hybridized carbons (Fsp3) is 0.444. The maximum atomic E-state index is 13.1. The van der Waals surface area contributed by atoms with Gasteiger partial charge in [0.1, 0.15) is 11.9 Å². The molecule has 2 aromatic rings. The van der Waals surface area contributed by atoms with E-state index in [0.29, 0.717) is 37.1 Å². The van der Waals surface area contributed by atoms with Crippen LogP contribution in [0.15, 0.2) is 29.3 Å². The molecule has 30 heavy (non-hydrogen) atoms. The molecule has 1 aromatic heterocycles. The van der Waals surface area contributed by atoms with Crippen molar-refractivity contribution in [2.45, 2.75) is 24.8 Å². The summed E-state index contributed by atoms with van der Waals surface area (Å²) in [5.41, 5.74) is 0.199. The number of nitrogens with zero attached hydrogens (tertiary/aromatic N) is 4. The number of carbonyl (C=O) groups excluding carboxylic acids is 1. The molecule has 1 fully saturated rings. The Balaban J connectivity index is 1.78. The lowest BCUT2D eigenvalue weighted by atomic mass is 10.1. The van der Waals surface area contributed by atoms with Gasteiger partial charge in [0.25, 0.3) is 5.91 Å². The monoisotopic (exact) mass is 454 g/mol. The maximum Gasteiger partial charge on any atom is 0.345 e. The molecule has 3 rings (SSSR count). The minimum Gasteiger partial charge on any atom is -0.490 e. The van der Waals surface area contributed by atoms with Gasteiger partial charge in [0, 0.05) is 32.4 Å². The highest BCUT2D eigenvalue weighted by molar-refractivity contribution is 7.90. The molecular formula is C18H22N4O6S2. The zero-order valence-electron chi connectivity index (χ0n) is 16.8. The highest BCUT2D eigenvalue weighted by atomic mass is 32.2. The van der Waals surface area contributed by atoms with Crippen molar-refractivity contribution in [3.05, 3.63) is 40.1 Å². The van der Waals surface area contributed by atoms with Crippen molar-refractivity contribution in [3.63, 3.8) is 0 Å². The van der Waals surface area contributed by atoms with Gasteiger partial charge in [-0.05, 0) is 43.4 Å². The Kier molecular flexibility index (Phi) is 6.27. The Morgan fingerprint density at radius 3 is 2.47 bits per heavy atom. The topological polar surface area (TPSA) is 123 Å². The van der Waals surface area contributed by atoms with Gasteiger partial charge >= 0.3 is 5.00 Å². The van der Waals surface area contributed by atoms with Crippen molar-refractivity contribution in [1.29, 1.82) is 0 Å². The molecule has 10 nitrogen and oxygen atoms in total. The smallest absolute Gasteiger partial charge is 0.345 e. The molecule has 162 valence electrons. The molecule has 0 atom stereocenters. The van der Waals surface area contributed by atoms with Crippen molar-refractivity contribution in [3.8, 4) is 5.75 Å². The Labute approximate surface area is 178 Å². The van der Waals surface area contributed by atoms with Crippen LogP contribution in [0.2, 0.25) is 0 Å². The lowest BCUT2D eigenvalue weighted by Crippen LogP contribution is -2.48. The third-order valence-electron chi connectivity index (χ3n) is 4.47. The normalized spacial score (nSPS) is 14.8. The average molecular weight is 455 g/mol. The molecule has 1 saturated heterocycles. The lowest BCUT2D eigenvalue weighted by molar-refractivity contribution is -0.380. The number of amides is 1. The van der Waals surface area contributed by atoms with Crippen LogP contribution in [0.25, 0.3) is 0 Å². The van der Waals surface area contributed by atoms with Crippen LogP contribution in [0.3, 0.4) is 0 Å². The van der Waals surface area contributed by atoms with E-state index in [2.05, 4.69) is 4.98 Å². The maximum absolute atomic E-state index is 13.1. The van der Waals surface area contributed by atoms with Gasteiger partial charge in [-0.25, -0.2) is 13.4 Å². The number of ether oxygens (including phenoxy) is 1. The summed E-state index contributed by atoms with van der Waals surface area (Å²) in [4.78, 5) is 31.2. The molecule has 0 aliphatic carbocycles. The first-order valence-corrected chi connectivity index (χ1v) is 11.9. The summed E-state index contributed by atoms with van der Waals surface area (Å²) in [5, 5.41) is 11.4. The van der Waals surface area contributed by atoms with Crippen LogP contribution < -0.4 is 9.64 Å². The molecule has 0 saturated carbocycles. The summed E-state index contributed by atoms with van der Waals surface area (Å²) in [6, 6.07) is 4.29.